The summed E-state index contributed by atoms with van der Waals surface area (Å²) < 4.78 is 0. The van der Waals surface area contributed by atoms with Crippen LogP contribution >= 0.6 is 0 Å². The lowest BCUT2D eigenvalue weighted by Gasteiger charge is -2.08. The van der Waals surface area contributed by atoms with Crippen LogP contribution in [0.3, 0.4) is 0 Å². The van der Waals surface area contributed by atoms with E-state index in [2.05, 4.69) is 13.5 Å². The van der Waals surface area contributed by atoms with Crippen molar-refractivity contribution in [2.45, 2.75) is 51.9 Å². The number of hydrogen-bond donors (Lipinski definition) is 1. The van der Waals surface area contributed by atoms with Crippen LogP contribution in [-0.4, -0.2) is 6.54 Å². The Morgan fingerprint density at radius 1 is 1.15 bits per heavy atom. The zero-order chi connectivity index (χ0) is 9.94. The molecule has 0 aliphatic heterocycles. The van der Waals surface area contributed by atoms with Crippen LogP contribution in [0.15, 0.2) is 12.7 Å². The Balaban J connectivity index is 3.10. The molecule has 0 aromatic rings. The molecular weight excluding hydrogens is 158 g/mol. The largest absolute Gasteiger partial charge is 0.330 e. The number of unbranched alkanes of at least 4 members (excludes halogenated alkanes) is 5. The molecule has 1 atom stereocenters. The van der Waals surface area contributed by atoms with Crippen molar-refractivity contribution in [1.29, 1.82) is 0 Å². The van der Waals surface area contributed by atoms with Gasteiger partial charge in [0, 0.05) is 0 Å². The molecule has 0 heterocycles. The molecule has 0 aliphatic rings. The summed E-state index contributed by atoms with van der Waals surface area (Å²) >= 11 is 0. The lowest BCUT2D eigenvalue weighted by atomic mass is 10.0. The van der Waals surface area contributed by atoms with Gasteiger partial charge in [0.1, 0.15) is 0 Å². The second-order valence-electron chi connectivity index (χ2n) is 3.79. The fraction of sp³-hybridized carbons (Fsp3) is 0.833. The zero-order valence-electron chi connectivity index (χ0n) is 9.10. The molecular formula is C12H25N. The average Bonchev–Trinajstić information content (AvgIpc) is 2.17. The van der Waals surface area contributed by atoms with Crippen molar-refractivity contribution in [1.82, 2.24) is 0 Å². The molecule has 0 radical (unpaired) electrons. The van der Waals surface area contributed by atoms with Gasteiger partial charge in [0.05, 0.1) is 0 Å². The highest BCUT2D eigenvalue weighted by Crippen LogP contribution is 2.11. The summed E-state index contributed by atoms with van der Waals surface area (Å²) in [4.78, 5) is 0. The van der Waals surface area contributed by atoms with Crippen molar-refractivity contribution in [2.24, 2.45) is 11.7 Å². The molecule has 0 spiro atoms. The van der Waals surface area contributed by atoms with E-state index in [1.165, 1.54) is 44.9 Å². The van der Waals surface area contributed by atoms with Gasteiger partial charge in [0.15, 0.2) is 0 Å². The molecule has 0 rings (SSSR count). The first kappa shape index (κ1) is 12.7. The third-order valence-electron chi connectivity index (χ3n) is 2.56. The molecule has 0 fully saturated rings. The minimum atomic E-state index is 0.547. The average molecular weight is 183 g/mol. The van der Waals surface area contributed by atoms with E-state index in [0.717, 1.165) is 6.54 Å². The van der Waals surface area contributed by atoms with Crippen LogP contribution in [0.25, 0.3) is 0 Å². The highest BCUT2D eigenvalue weighted by molar-refractivity contribution is 4.79. The summed E-state index contributed by atoms with van der Waals surface area (Å²) in [5.41, 5.74) is 5.57. The summed E-state index contributed by atoms with van der Waals surface area (Å²) in [6.45, 7) is 6.79. The molecule has 0 aromatic heterocycles. The van der Waals surface area contributed by atoms with Crippen LogP contribution < -0.4 is 5.73 Å². The van der Waals surface area contributed by atoms with Crippen LogP contribution in [0.2, 0.25) is 0 Å². The van der Waals surface area contributed by atoms with Crippen molar-refractivity contribution in [3.8, 4) is 0 Å². The molecule has 78 valence electrons. The molecule has 1 nitrogen and oxygen atoms in total. The predicted octanol–water partition coefficient (Wildman–Crippen LogP) is 3.50. The zero-order valence-corrected chi connectivity index (χ0v) is 9.10. The maximum Gasteiger partial charge on any atom is -0.00143 e. The first-order valence-corrected chi connectivity index (χ1v) is 5.67. The summed E-state index contributed by atoms with van der Waals surface area (Å²) in [6, 6.07) is 0. The Morgan fingerprint density at radius 3 is 2.31 bits per heavy atom. The Labute approximate surface area is 83.4 Å². The molecule has 0 bridgehead atoms. The third-order valence-corrected chi connectivity index (χ3v) is 2.56. The van der Waals surface area contributed by atoms with Gasteiger partial charge in [-0.1, -0.05) is 51.5 Å². The summed E-state index contributed by atoms with van der Waals surface area (Å²) in [5, 5.41) is 0. The SMILES string of the molecule is C=CC(CN)CCCCCCCC. The van der Waals surface area contributed by atoms with Gasteiger partial charge in [-0.3, -0.25) is 0 Å². The fourth-order valence-corrected chi connectivity index (χ4v) is 1.52. The van der Waals surface area contributed by atoms with E-state index in [4.69, 9.17) is 5.73 Å². The maximum absolute atomic E-state index is 5.57. The molecule has 0 aliphatic carbocycles. The van der Waals surface area contributed by atoms with E-state index >= 15 is 0 Å². The van der Waals surface area contributed by atoms with Crippen molar-refractivity contribution < 1.29 is 0 Å². The van der Waals surface area contributed by atoms with Crippen LogP contribution in [0.4, 0.5) is 0 Å². The first-order chi connectivity index (χ1) is 6.35. The fourth-order valence-electron chi connectivity index (χ4n) is 1.52. The standard InChI is InChI=1S/C12H25N/c1-3-5-6-7-8-9-10-12(4-2)11-13/h4,12H,2-3,5-11,13H2,1H3. The van der Waals surface area contributed by atoms with E-state index in [9.17, 15) is 0 Å². The Bertz CT molecular complexity index is 110. The molecule has 0 saturated carbocycles. The van der Waals surface area contributed by atoms with Crippen molar-refractivity contribution in [3.05, 3.63) is 12.7 Å². The van der Waals surface area contributed by atoms with E-state index in [1.807, 2.05) is 6.08 Å². The molecule has 1 heteroatoms. The third kappa shape index (κ3) is 8.04. The van der Waals surface area contributed by atoms with Gasteiger partial charge < -0.3 is 5.73 Å². The number of rotatable bonds is 9. The molecule has 13 heavy (non-hydrogen) atoms. The lowest BCUT2D eigenvalue weighted by Crippen LogP contribution is -2.11. The topological polar surface area (TPSA) is 26.0 Å². The maximum atomic E-state index is 5.57. The van der Waals surface area contributed by atoms with Gasteiger partial charge in [-0.05, 0) is 18.9 Å². The normalized spacial score (nSPS) is 12.8. The van der Waals surface area contributed by atoms with Crippen LogP contribution in [0, 0.1) is 5.92 Å². The summed E-state index contributed by atoms with van der Waals surface area (Å²) in [7, 11) is 0. The first-order valence-electron chi connectivity index (χ1n) is 5.67. The summed E-state index contributed by atoms with van der Waals surface area (Å²) in [5.74, 6) is 0.547. The van der Waals surface area contributed by atoms with Crippen molar-refractivity contribution in [3.63, 3.8) is 0 Å². The predicted molar refractivity (Wildman–Crippen MR) is 60.7 cm³/mol. The van der Waals surface area contributed by atoms with Crippen LogP contribution in [0.5, 0.6) is 0 Å². The molecule has 0 aromatic carbocycles. The van der Waals surface area contributed by atoms with E-state index in [-0.39, 0.29) is 0 Å². The molecule has 0 saturated heterocycles. The van der Waals surface area contributed by atoms with Gasteiger partial charge in [-0.2, -0.15) is 0 Å². The lowest BCUT2D eigenvalue weighted by molar-refractivity contribution is 0.525. The molecule has 1 unspecified atom stereocenters. The second-order valence-corrected chi connectivity index (χ2v) is 3.79. The van der Waals surface area contributed by atoms with Gasteiger partial charge >= 0.3 is 0 Å². The van der Waals surface area contributed by atoms with Gasteiger partial charge in [0.2, 0.25) is 0 Å². The molecule has 0 amide bonds. The minimum Gasteiger partial charge on any atom is -0.330 e. The Morgan fingerprint density at radius 2 is 1.77 bits per heavy atom. The quantitative estimate of drug-likeness (QED) is 0.430. The van der Waals surface area contributed by atoms with Crippen LogP contribution in [-0.2, 0) is 0 Å². The van der Waals surface area contributed by atoms with E-state index < -0.39 is 0 Å². The van der Waals surface area contributed by atoms with Gasteiger partial charge in [-0.25, -0.2) is 0 Å². The van der Waals surface area contributed by atoms with Gasteiger partial charge in [0.25, 0.3) is 0 Å². The minimum absolute atomic E-state index is 0.547. The van der Waals surface area contributed by atoms with Crippen LogP contribution in [0.1, 0.15) is 51.9 Å². The second kappa shape index (κ2) is 9.79. The molecule has 2 N–H and O–H groups in total. The number of hydrogen-bond acceptors (Lipinski definition) is 1. The Kier molecular flexibility index (Phi) is 9.56. The Hall–Kier alpha value is -0.300. The van der Waals surface area contributed by atoms with Crippen molar-refractivity contribution in [2.75, 3.05) is 6.54 Å². The van der Waals surface area contributed by atoms with E-state index in [0.29, 0.717) is 5.92 Å². The monoisotopic (exact) mass is 183 g/mol. The highest BCUT2D eigenvalue weighted by Gasteiger charge is 1.99. The summed E-state index contributed by atoms with van der Waals surface area (Å²) in [6.07, 6.45) is 11.4. The smallest absolute Gasteiger partial charge is 0.00143 e. The van der Waals surface area contributed by atoms with Crippen molar-refractivity contribution >= 4 is 0 Å². The number of nitrogens with two attached hydrogens (primary N) is 1. The van der Waals surface area contributed by atoms with E-state index in [1.54, 1.807) is 0 Å². The van der Waals surface area contributed by atoms with Gasteiger partial charge in [-0.15, -0.1) is 6.58 Å². The highest BCUT2D eigenvalue weighted by atomic mass is 14.5.